The summed E-state index contributed by atoms with van der Waals surface area (Å²) in [5.41, 5.74) is 1.95. The van der Waals surface area contributed by atoms with Gasteiger partial charge in [0.1, 0.15) is 11.5 Å². The highest BCUT2D eigenvalue weighted by Crippen LogP contribution is 2.33. The molecule has 4 aliphatic rings. The molecule has 0 aromatic heterocycles. The van der Waals surface area contributed by atoms with E-state index in [1.807, 2.05) is 0 Å². The third-order valence-electron chi connectivity index (χ3n) is 8.16. The van der Waals surface area contributed by atoms with Gasteiger partial charge in [-0.3, -0.25) is 25.1 Å². The fourth-order valence-electron chi connectivity index (χ4n) is 5.23. The van der Waals surface area contributed by atoms with Crippen molar-refractivity contribution < 1.29 is 28.8 Å². The summed E-state index contributed by atoms with van der Waals surface area (Å²) in [6, 6.07) is 9.54. The Bertz CT molecular complexity index is 1280. The van der Waals surface area contributed by atoms with Crippen LogP contribution in [-0.4, -0.2) is 119 Å². The van der Waals surface area contributed by atoms with Gasteiger partial charge < -0.3 is 34.1 Å². The van der Waals surface area contributed by atoms with Crippen LogP contribution in [0.2, 0.25) is 0 Å². The highest BCUT2D eigenvalue weighted by Gasteiger charge is 2.24. The monoisotopic (exact) mass is 678 g/mol. The highest BCUT2D eigenvalue weighted by atomic mass is 35.5. The van der Waals surface area contributed by atoms with Gasteiger partial charge in [0.2, 0.25) is 0 Å². The Hall–Kier alpha value is -3.43. The molecule has 0 atom stereocenters. The molecule has 260 valence electrons. The maximum Gasteiger partial charge on any atom is 0.273 e. The quantitative estimate of drug-likeness (QED) is 0.183. The van der Waals surface area contributed by atoms with Gasteiger partial charge >= 0.3 is 0 Å². The van der Waals surface area contributed by atoms with Crippen molar-refractivity contribution in [3.63, 3.8) is 0 Å². The Morgan fingerprint density at radius 2 is 1.21 bits per heavy atom. The van der Waals surface area contributed by atoms with Gasteiger partial charge in [-0.15, -0.1) is 11.6 Å². The third kappa shape index (κ3) is 12.0. The molecule has 1 N–H and O–H groups in total. The van der Waals surface area contributed by atoms with Gasteiger partial charge in [0.15, 0.2) is 0 Å². The Morgan fingerprint density at radius 1 is 0.745 bits per heavy atom. The number of nitrogens with zero attached hydrogens (tertiary/aromatic N) is 5. The number of piperazine rings is 2. The fourth-order valence-corrected chi connectivity index (χ4v) is 5.32. The van der Waals surface area contributed by atoms with Crippen molar-refractivity contribution in [2.75, 3.05) is 102 Å². The smallest absolute Gasteiger partial charge is 0.273 e. The number of ether oxygens (including phenoxy) is 4. The maximum atomic E-state index is 10.9. The number of rotatable bonds is 13. The summed E-state index contributed by atoms with van der Waals surface area (Å²) in [6.45, 7) is 9.82. The number of hydrogen-bond acceptors (Lipinski definition) is 12. The molecule has 2 aliphatic heterocycles. The summed E-state index contributed by atoms with van der Waals surface area (Å²) in [7, 11) is 3.08. The van der Waals surface area contributed by atoms with Crippen molar-refractivity contribution in [2.24, 2.45) is 0 Å². The molecule has 47 heavy (non-hydrogen) atoms. The maximum absolute atomic E-state index is 10.9. The highest BCUT2D eigenvalue weighted by molar-refractivity contribution is 6.17. The second-order valence-electron chi connectivity index (χ2n) is 11.6. The minimum Gasteiger partial charge on any atom is -0.494 e. The summed E-state index contributed by atoms with van der Waals surface area (Å²) in [5, 5.41) is 24.8. The summed E-state index contributed by atoms with van der Waals surface area (Å²) < 4.78 is 21.4. The van der Waals surface area contributed by atoms with Crippen LogP contribution in [0.15, 0.2) is 36.4 Å². The van der Waals surface area contributed by atoms with Crippen molar-refractivity contribution in [1.29, 1.82) is 0 Å². The number of nitro benzene ring substituents is 2. The normalized spacial score (nSPS) is 17.9. The van der Waals surface area contributed by atoms with E-state index in [0.717, 1.165) is 83.5 Å². The zero-order chi connectivity index (χ0) is 33.6. The molecule has 4 fully saturated rings. The number of alkyl halides is 1. The Labute approximate surface area is 281 Å². The van der Waals surface area contributed by atoms with Gasteiger partial charge in [0.25, 0.3) is 11.4 Å². The number of nitro groups is 2. The largest absolute Gasteiger partial charge is 0.494 e. The van der Waals surface area contributed by atoms with Gasteiger partial charge in [0.05, 0.1) is 73.0 Å². The van der Waals surface area contributed by atoms with Crippen LogP contribution in [0.25, 0.3) is 0 Å². The first-order valence-corrected chi connectivity index (χ1v) is 16.7. The number of non-ortho nitro benzene ring substituents is 2. The average Bonchev–Trinajstić information content (AvgIpc) is 4.05. The van der Waals surface area contributed by atoms with Gasteiger partial charge in [-0.25, -0.2) is 0 Å². The lowest BCUT2D eigenvalue weighted by atomic mass is 10.2. The fraction of sp³-hybridized carbons (Fsp3) is 0.625. The SMILES string of the molecule is COc1cc([N+](=O)[O-])ccc1N1CCN(CCOC2CC2)CC1.COc1cc([N+](=O)[O-])ccc1N1CCNCC1.ClCCOC1CC1. The van der Waals surface area contributed by atoms with E-state index < -0.39 is 9.85 Å². The predicted octanol–water partition coefficient (Wildman–Crippen LogP) is 4.32. The molecule has 2 saturated heterocycles. The molecule has 0 amide bonds. The zero-order valence-corrected chi connectivity index (χ0v) is 28.1. The van der Waals surface area contributed by atoms with Gasteiger partial charge in [-0.2, -0.15) is 0 Å². The number of halogens is 1. The van der Waals surface area contributed by atoms with Crippen LogP contribution in [0.4, 0.5) is 22.7 Å². The number of anilines is 2. The van der Waals surface area contributed by atoms with Crippen LogP contribution in [0, 0.1) is 20.2 Å². The van der Waals surface area contributed by atoms with Crippen molar-refractivity contribution >= 4 is 34.4 Å². The van der Waals surface area contributed by atoms with E-state index in [0.29, 0.717) is 29.6 Å². The first kappa shape index (κ1) is 36.4. The molecule has 6 rings (SSSR count). The first-order chi connectivity index (χ1) is 22.8. The van der Waals surface area contributed by atoms with Gasteiger partial charge in [-0.05, 0) is 37.8 Å². The molecule has 0 unspecified atom stereocenters. The van der Waals surface area contributed by atoms with Crippen molar-refractivity contribution in [2.45, 2.75) is 37.9 Å². The lowest BCUT2D eigenvalue weighted by molar-refractivity contribution is -0.385. The van der Waals surface area contributed by atoms with Crippen LogP contribution in [0.3, 0.4) is 0 Å². The molecule has 0 bridgehead atoms. The van der Waals surface area contributed by atoms with Crippen LogP contribution < -0.4 is 24.6 Å². The number of benzene rings is 2. The van der Waals surface area contributed by atoms with Gasteiger partial charge in [-0.1, -0.05) is 0 Å². The minimum absolute atomic E-state index is 0.0562. The topological polar surface area (TPSA) is 145 Å². The van der Waals surface area contributed by atoms with Crippen molar-refractivity contribution in [3.05, 3.63) is 56.6 Å². The summed E-state index contributed by atoms with van der Waals surface area (Å²) in [4.78, 5) is 27.5. The molecular formula is C32H47ClN6O8. The summed E-state index contributed by atoms with van der Waals surface area (Å²) >= 11 is 5.35. The van der Waals surface area contributed by atoms with Crippen LogP contribution >= 0.6 is 11.6 Å². The molecule has 0 radical (unpaired) electrons. The minimum atomic E-state index is -0.413. The van der Waals surface area contributed by atoms with Crippen LogP contribution in [0.1, 0.15) is 25.7 Å². The molecule has 2 aromatic rings. The lowest BCUT2D eigenvalue weighted by Gasteiger charge is -2.36. The number of methoxy groups -OCH3 is 2. The molecule has 2 aliphatic carbocycles. The molecule has 2 saturated carbocycles. The first-order valence-electron chi connectivity index (χ1n) is 16.2. The van der Waals surface area contributed by atoms with Crippen LogP contribution in [0.5, 0.6) is 11.5 Å². The number of hydrogen-bond donors (Lipinski definition) is 1. The Morgan fingerprint density at radius 3 is 1.64 bits per heavy atom. The van der Waals surface area contributed by atoms with E-state index in [1.165, 1.54) is 57.1 Å². The van der Waals surface area contributed by atoms with Crippen LogP contribution in [-0.2, 0) is 9.47 Å². The Balaban J connectivity index is 0.000000182. The lowest BCUT2D eigenvalue weighted by Crippen LogP contribution is -2.47. The van der Waals surface area contributed by atoms with Gasteiger partial charge in [0, 0.05) is 76.9 Å². The number of nitrogens with one attached hydrogen (secondary N) is 1. The van der Waals surface area contributed by atoms with E-state index in [9.17, 15) is 20.2 Å². The van der Waals surface area contributed by atoms with Crippen molar-refractivity contribution in [3.8, 4) is 11.5 Å². The molecule has 15 heteroatoms. The second kappa shape index (κ2) is 18.8. The predicted molar refractivity (Wildman–Crippen MR) is 182 cm³/mol. The third-order valence-corrected chi connectivity index (χ3v) is 8.31. The van der Waals surface area contributed by atoms with E-state index in [2.05, 4.69) is 20.0 Å². The standard InChI is InChI=1S/C16H23N3O4.C11H15N3O3.C5H9ClO/c1-22-16-12-13(19(20)21)2-5-15(16)18-8-6-17(7-9-18)10-11-23-14-3-4-14;1-17-11-8-9(14(15)16)2-3-10(11)13-6-4-12-5-7-13;6-3-4-7-5-1-2-5/h2,5,12,14H,3-4,6-11H2,1H3;2-3,8,12H,4-7H2,1H3;5H,1-4H2. The molecule has 14 nitrogen and oxygen atoms in total. The van der Waals surface area contributed by atoms with E-state index >= 15 is 0 Å². The summed E-state index contributed by atoms with van der Waals surface area (Å²) in [5.74, 6) is 1.75. The molecular weight excluding hydrogens is 632 g/mol. The summed E-state index contributed by atoms with van der Waals surface area (Å²) in [6.07, 6.45) is 6.01. The van der Waals surface area contributed by atoms with E-state index in [-0.39, 0.29) is 11.4 Å². The molecule has 0 spiro atoms. The molecule has 2 heterocycles. The molecule has 2 aromatic carbocycles. The second-order valence-corrected chi connectivity index (χ2v) is 12.0. The zero-order valence-electron chi connectivity index (χ0n) is 27.3. The average molecular weight is 679 g/mol. The van der Waals surface area contributed by atoms with Crippen molar-refractivity contribution in [1.82, 2.24) is 10.2 Å². The van der Waals surface area contributed by atoms with E-state index in [1.54, 1.807) is 19.2 Å². The van der Waals surface area contributed by atoms with E-state index in [4.69, 9.17) is 30.5 Å². The Kier molecular flexibility index (Phi) is 14.6.